The highest BCUT2D eigenvalue weighted by atomic mass is 16.2. The molecule has 0 bridgehead atoms. The summed E-state index contributed by atoms with van der Waals surface area (Å²) in [6.45, 7) is 2.79. The van der Waals surface area contributed by atoms with Gasteiger partial charge < -0.3 is 10.6 Å². The zero-order valence-corrected chi connectivity index (χ0v) is 8.74. The molecule has 80 valence electrons. The van der Waals surface area contributed by atoms with Crippen LogP contribution in [0.25, 0.3) is 0 Å². The van der Waals surface area contributed by atoms with Crippen molar-refractivity contribution in [1.29, 1.82) is 0 Å². The maximum atomic E-state index is 11.9. The second kappa shape index (κ2) is 4.30. The van der Waals surface area contributed by atoms with Crippen molar-refractivity contribution in [1.82, 2.24) is 4.90 Å². The molecule has 0 unspecified atom stereocenters. The normalized spacial score (nSPS) is 32.5. The van der Waals surface area contributed by atoms with Gasteiger partial charge in [0.1, 0.15) is 0 Å². The molecule has 0 aromatic rings. The van der Waals surface area contributed by atoms with Crippen LogP contribution in [0.3, 0.4) is 0 Å². The average molecular weight is 196 g/mol. The van der Waals surface area contributed by atoms with Crippen LogP contribution in [0.1, 0.15) is 32.1 Å². The summed E-state index contributed by atoms with van der Waals surface area (Å²) in [7, 11) is 0. The van der Waals surface area contributed by atoms with Crippen LogP contribution in [0.4, 0.5) is 0 Å². The van der Waals surface area contributed by atoms with Crippen LogP contribution in [0.15, 0.2) is 0 Å². The Hall–Kier alpha value is -0.570. The summed E-state index contributed by atoms with van der Waals surface area (Å²) in [6.07, 6.45) is 5.64. The predicted octanol–water partition coefficient (Wildman–Crippen LogP) is 0.984. The SMILES string of the molecule is NCC1CCC(C(=O)N2CCC2)CC1. The van der Waals surface area contributed by atoms with Crippen LogP contribution >= 0.6 is 0 Å². The van der Waals surface area contributed by atoms with E-state index in [1.54, 1.807) is 0 Å². The lowest BCUT2D eigenvalue weighted by molar-refractivity contribution is -0.140. The molecule has 0 aromatic carbocycles. The van der Waals surface area contributed by atoms with E-state index >= 15 is 0 Å². The van der Waals surface area contributed by atoms with Crippen LogP contribution in [-0.2, 0) is 4.79 Å². The van der Waals surface area contributed by atoms with Crippen molar-refractivity contribution in [3.8, 4) is 0 Å². The summed E-state index contributed by atoms with van der Waals surface area (Å²) in [5, 5.41) is 0. The second-order valence-corrected chi connectivity index (χ2v) is 4.63. The standard InChI is InChI=1S/C11H20N2O/c12-8-9-2-4-10(5-3-9)11(14)13-6-1-7-13/h9-10H,1-8,12H2. The summed E-state index contributed by atoms with van der Waals surface area (Å²) < 4.78 is 0. The molecule has 3 heteroatoms. The van der Waals surface area contributed by atoms with E-state index in [2.05, 4.69) is 0 Å². The number of rotatable bonds is 2. The lowest BCUT2D eigenvalue weighted by atomic mass is 9.81. The van der Waals surface area contributed by atoms with Gasteiger partial charge in [0.15, 0.2) is 0 Å². The highest BCUT2D eigenvalue weighted by Gasteiger charge is 2.30. The summed E-state index contributed by atoms with van der Waals surface area (Å²) in [5.74, 6) is 1.40. The summed E-state index contributed by atoms with van der Waals surface area (Å²) in [6, 6.07) is 0. The molecule has 1 saturated heterocycles. The van der Waals surface area contributed by atoms with E-state index in [4.69, 9.17) is 5.73 Å². The van der Waals surface area contributed by atoms with Crippen LogP contribution in [0, 0.1) is 11.8 Å². The minimum Gasteiger partial charge on any atom is -0.342 e. The van der Waals surface area contributed by atoms with Gasteiger partial charge in [0.05, 0.1) is 0 Å². The largest absolute Gasteiger partial charge is 0.342 e. The molecule has 3 nitrogen and oxygen atoms in total. The number of likely N-dealkylation sites (tertiary alicyclic amines) is 1. The molecule has 2 fully saturated rings. The van der Waals surface area contributed by atoms with Gasteiger partial charge in [-0.25, -0.2) is 0 Å². The first-order valence-electron chi connectivity index (χ1n) is 5.80. The monoisotopic (exact) mass is 196 g/mol. The Morgan fingerprint density at radius 3 is 2.29 bits per heavy atom. The third kappa shape index (κ3) is 1.92. The minimum absolute atomic E-state index is 0.318. The molecule has 0 aromatic heterocycles. The molecule has 2 aliphatic rings. The van der Waals surface area contributed by atoms with Gasteiger partial charge in [-0.1, -0.05) is 0 Å². The molecule has 1 aliphatic heterocycles. The molecule has 2 N–H and O–H groups in total. The molecule has 1 amide bonds. The van der Waals surface area contributed by atoms with Crippen molar-refractivity contribution < 1.29 is 4.79 Å². The zero-order chi connectivity index (χ0) is 9.97. The van der Waals surface area contributed by atoms with Gasteiger partial charge >= 0.3 is 0 Å². The number of carbonyl (C=O) groups excluding carboxylic acids is 1. The Bertz CT molecular complexity index is 205. The molecule has 1 heterocycles. The quantitative estimate of drug-likeness (QED) is 0.715. The Labute approximate surface area is 85.6 Å². The number of hydrogen-bond acceptors (Lipinski definition) is 2. The molecule has 0 radical (unpaired) electrons. The molecular formula is C11H20N2O. The first-order chi connectivity index (χ1) is 6.81. The maximum Gasteiger partial charge on any atom is 0.225 e. The van der Waals surface area contributed by atoms with Crippen molar-refractivity contribution in [3.05, 3.63) is 0 Å². The first-order valence-corrected chi connectivity index (χ1v) is 5.80. The van der Waals surface area contributed by atoms with E-state index in [0.717, 1.165) is 45.3 Å². The van der Waals surface area contributed by atoms with Crippen molar-refractivity contribution in [2.24, 2.45) is 17.6 Å². The van der Waals surface area contributed by atoms with Gasteiger partial charge in [0.25, 0.3) is 0 Å². The lowest BCUT2D eigenvalue weighted by Gasteiger charge is -2.36. The molecule has 1 saturated carbocycles. The third-order valence-electron chi connectivity index (χ3n) is 3.70. The van der Waals surface area contributed by atoms with Crippen molar-refractivity contribution in [2.45, 2.75) is 32.1 Å². The predicted molar refractivity (Wildman–Crippen MR) is 55.7 cm³/mol. The smallest absolute Gasteiger partial charge is 0.225 e. The Morgan fingerprint density at radius 2 is 1.86 bits per heavy atom. The first kappa shape index (κ1) is 9.97. The van der Waals surface area contributed by atoms with Gasteiger partial charge in [0.2, 0.25) is 5.91 Å². The van der Waals surface area contributed by atoms with E-state index in [9.17, 15) is 4.79 Å². The molecule has 0 spiro atoms. The lowest BCUT2D eigenvalue weighted by Crippen LogP contribution is -2.46. The summed E-state index contributed by atoms with van der Waals surface area (Å²) >= 11 is 0. The number of hydrogen-bond donors (Lipinski definition) is 1. The van der Waals surface area contributed by atoms with Crippen LogP contribution in [-0.4, -0.2) is 30.4 Å². The average Bonchev–Trinajstić information content (AvgIpc) is 2.15. The number of nitrogens with two attached hydrogens (primary N) is 1. The highest BCUT2D eigenvalue weighted by molar-refractivity contribution is 5.79. The Kier molecular flexibility index (Phi) is 3.06. The fourth-order valence-corrected chi connectivity index (χ4v) is 2.44. The van der Waals surface area contributed by atoms with E-state index in [0.29, 0.717) is 17.7 Å². The molecule has 0 atom stereocenters. The van der Waals surface area contributed by atoms with Crippen LogP contribution in [0.2, 0.25) is 0 Å². The van der Waals surface area contributed by atoms with Crippen LogP contribution < -0.4 is 5.73 Å². The summed E-state index contributed by atoms with van der Waals surface area (Å²) in [4.78, 5) is 13.9. The van der Waals surface area contributed by atoms with Gasteiger partial charge in [-0.3, -0.25) is 4.79 Å². The molecule has 1 aliphatic carbocycles. The van der Waals surface area contributed by atoms with E-state index < -0.39 is 0 Å². The molecule has 2 rings (SSSR count). The van der Waals surface area contributed by atoms with E-state index in [1.165, 1.54) is 6.42 Å². The maximum absolute atomic E-state index is 11.9. The number of nitrogens with zero attached hydrogens (tertiary/aromatic N) is 1. The van der Waals surface area contributed by atoms with Gasteiger partial charge in [-0.2, -0.15) is 0 Å². The van der Waals surface area contributed by atoms with Crippen molar-refractivity contribution >= 4 is 5.91 Å². The fraction of sp³-hybridized carbons (Fsp3) is 0.909. The van der Waals surface area contributed by atoms with Gasteiger partial charge in [-0.15, -0.1) is 0 Å². The van der Waals surface area contributed by atoms with Gasteiger partial charge in [0, 0.05) is 19.0 Å². The van der Waals surface area contributed by atoms with Crippen LogP contribution in [0.5, 0.6) is 0 Å². The fourth-order valence-electron chi connectivity index (χ4n) is 2.44. The number of carbonyl (C=O) groups is 1. The molecular weight excluding hydrogens is 176 g/mol. The van der Waals surface area contributed by atoms with E-state index in [-0.39, 0.29) is 0 Å². The topological polar surface area (TPSA) is 46.3 Å². The minimum atomic E-state index is 0.318. The van der Waals surface area contributed by atoms with Gasteiger partial charge in [-0.05, 0) is 44.6 Å². The van der Waals surface area contributed by atoms with E-state index in [1.807, 2.05) is 4.90 Å². The third-order valence-corrected chi connectivity index (χ3v) is 3.70. The molecule has 14 heavy (non-hydrogen) atoms. The highest BCUT2D eigenvalue weighted by Crippen LogP contribution is 2.30. The Morgan fingerprint density at radius 1 is 1.21 bits per heavy atom. The second-order valence-electron chi connectivity index (χ2n) is 4.63. The Balaban J connectivity index is 1.79. The zero-order valence-electron chi connectivity index (χ0n) is 8.74. The summed E-state index contributed by atoms with van der Waals surface area (Å²) in [5.41, 5.74) is 5.63. The number of amides is 1. The van der Waals surface area contributed by atoms with Crippen molar-refractivity contribution in [2.75, 3.05) is 19.6 Å². The van der Waals surface area contributed by atoms with Crippen molar-refractivity contribution in [3.63, 3.8) is 0 Å².